The molecule has 1 fully saturated rings. The number of halogens is 2. The number of esters is 1. The van der Waals surface area contributed by atoms with E-state index in [0.29, 0.717) is 18.4 Å². The zero-order chi connectivity index (χ0) is 15.4. The molecule has 1 aromatic carbocycles. The van der Waals surface area contributed by atoms with Gasteiger partial charge >= 0.3 is 5.97 Å². The van der Waals surface area contributed by atoms with Crippen molar-refractivity contribution >= 4 is 37.8 Å². The van der Waals surface area contributed by atoms with Crippen LogP contribution < -0.4 is 0 Å². The Morgan fingerprint density at radius 1 is 1.38 bits per heavy atom. The maximum Gasteiger partial charge on any atom is 0.330 e. The Balaban J connectivity index is 1.93. The lowest BCUT2D eigenvalue weighted by atomic mass is 10.1. The van der Waals surface area contributed by atoms with Gasteiger partial charge in [-0.2, -0.15) is 0 Å². The number of allylic oxidation sites excluding steroid dienone is 3. The van der Waals surface area contributed by atoms with Crippen molar-refractivity contribution in [3.63, 3.8) is 0 Å². The lowest BCUT2D eigenvalue weighted by molar-refractivity contribution is -0.137. The summed E-state index contributed by atoms with van der Waals surface area (Å²) in [5.41, 5.74) is 2.28. The molecule has 21 heavy (non-hydrogen) atoms. The molecule has 0 bridgehead atoms. The van der Waals surface area contributed by atoms with Crippen molar-refractivity contribution in [2.75, 3.05) is 6.61 Å². The lowest BCUT2D eigenvalue weighted by Crippen LogP contribution is -1.99. The number of hydrogen-bond acceptors (Lipinski definition) is 2. The van der Waals surface area contributed by atoms with Gasteiger partial charge in [0.15, 0.2) is 0 Å². The Hall–Kier alpha value is -0.870. The number of ether oxygens (including phenoxy) is 1. The molecule has 0 N–H and O–H groups in total. The van der Waals surface area contributed by atoms with Crippen molar-refractivity contribution in [3.05, 3.63) is 56.5 Å². The van der Waals surface area contributed by atoms with Gasteiger partial charge in [0.1, 0.15) is 0 Å². The van der Waals surface area contributed by atoms with Crippen LogP contribution in [-0.4, -0.2) is 12.6 Å². The molecule has 0 aliphatic heterocycles. The van der Waals surface area contributed by atoms with Crippen molar-refractivity contribution in [2.45, 2.75) is 26.2 Å². The van der Waals surface area contributed by atoms with Crippen LogP contribution in [0.1, 0.15) is 31.7 Å². The zero-order valence-corrected chi connectivity index (χ0v) is 15.3. The molecule has 0 aromatic heterocycles. The first kappa shape index (κ1) is 16.5. The molecule has 4 heteroatoms. The number of carbonyl (C=O) groups excluding carboxylic acids is 1. The van der Waals surface area contributed by atoms with Crippen LogP contribution in [0.3, 0.4) is 0 Å². The third-order valence-electron chi connectivity index (χ3n) is 3.45. The molecular formula is C17H18Br2O2. The molecular weight excluding hydrogens is 396 g/mol. The second kappa shape index (κ2) is 7.41. The summed E-state index contributed by atoms with van der Waals surface area (Å²) in [7, 11) is 0. The Morgan fingerprint density at radius 2 is 2.14 bits per heavy atom. The summed E-state index contributed by atoms with van der Waals surface area (Å²) in [6, 6.07) is 6.41. The molecule has 2 rings (SSSR count). The summed E-state index contributed by atoms with van der Waals surface area (Å²) >= 11 is 7.03. The predicted octanol–water partition coefficient (Wildman–Crippen LogP) is 5.38. The van der Waals surface area contributed by atoms with Crippen LogP contribution in [0.5, 0.6) is 0 Å². The second-order valence-corrected chi connectivity index (χ2v) is 6.89. The normalized spacial score (nSPS) is 21.6. The minimum atomic E-state index is -0.274. The third-order valence-corrected chi connectivity index (χ3v) is 5.33. The van der Waals surface area contributed by atoms with E-state index in [-0.39, 0.29) is 5.97 Å². The van der Waals surface area contributed by atoms with Crippen LogP contribution >= 0.6 is 31.9 Å². The second-order valence-electron chi connectivity index (χ2n) is 5.18. The number of hydrogen-bond donors (Lipinski definition) is 0. The van der Waals surface area contributed by atoms with Crippen LogP contribution in [0.4, 0.5) is 0 Å². The van der Waals surface area contributed by atoms with E-state index in [1.165, 1.54) is 11.6 Å². The van der Waals surface area contributed by atoms with Gasteiger partial charge in [-0.1, -0.05) is 18.2 Å². The highest BCUT2D eigenvalue weighted by Gasteiger charge is 2.36. The van der Waals surface area contributed by atoms with Crippen molar-refractivity contribution in [1.29, 1.82) is 0 Å². The van der Waals surface area contributed by atoms with E-state index >= 15 is 0 Å². The van der Waals surface area contributed by atoms with E-state index in [1.54, 1.807) is 0 Å². The largest absolute Gasteiger partial charge is 0.463 e. The average Bonchev–Trinajstić information content (AvgIpc) is 3.19. The molecule has 0 spiro atoms. The molecule has 1 saturated carbocycles. The number of carbonyl (C=O) groups is 1. The van der Waals surface area contributed by atoms with Crippen molar-refractivity contribution in [3.8, 4) is 0 Å². The van der Waals surface area contributed by atoms with Crippen LogP contribution in [0.15, 0.2) is 50.9 Å². The van der Waals surface area contributed by atoms with Crippen molar-refractivity contribution < 1.29 is 9.53 Å². The van der Waals surface area contributed by atoms with E-state index in [4.69, 9.17) is 4.74 Å². The molecule has 0 heterocycles. The van der Waals surface area contributed by atoms with Gasteiger partial charge in [0.25, 0.3) is 0 Å². The molecule has 0 saturated heterocycles. The zero-order valence-electron chi connectivity index (χ0n) is 12.1. The van der Waals surface area contributed by atoms with Crippen LogP contribution in [-0.2, 0) is 9.53 Å². The molecule has 1 aliphatic carbocycles. The quantitative estimate of drug-likeness (QED) is 0.368. The van der Waals surface area contributed by atoms with E-state index in [9.17, 15) is 4.79 Å². The Morgan fingerprint density at radius 3 is 2.81 bits per heavy atom. The third kappa shape index (κ3) is 4.82. The van der Waals surface area contributed by atoms with E-state index in [2.05, 4.69) is 56.1 Å². The molecule has 0 unspecified atom stereocenters. The van der Waals surface area contributed by atoms with Crippen LogP contribution in [0.2, 0.25) is 0 Å². The van der Waals surface area contributed by atoms with Gasteiger partial charge in [-0.15, -0.1) is 0 Å². The first-order chi connectivity index (χ1) is 10.0. The van der Waals surface area contributed by atoms with E-state index in [1.807, 2.05) is 19.9 Å². The van der Waals surface area contributed by atoms with Gasteiger partial charge in [0.05, 0.1) is 6.61 Å². The molecule has 1 aromatic rings. The van der Waals surface area contributed by atoms with Gasteiger partial charge in [0.2, 0.25) is 0 Å². The standard InChI is InChI=1S/C17H18Br2O2/c1-3-21-17(20)8-11(2)4-5-12-9-14(12)13-6-7-15(18)16(19)10-13/h4-8,10,12,14H,3,9H2,1-2H3/b5-4+,11-8+/t12-,14-/m1/s1. The fraction of sp³-hybridized carbons (Fsp3) is 0.353. The van der Waals surface area contributed by atoms with Crippen molar-refractivity contribution in [1.82, 2.24) is 0 Å². The Kier molecular flexibility index (Phi) is 5.82. The molecule has 112 valence electrons. The monoisotopic (exact) mass is 412 g/mol. The number of rotatable bonds is 5. The molecule has 0 radical (unpaired) electrons. The fourth-order valence-electron chi connectivity index (χ4n) is 2.25. The highest BCUT2D eigenvalue weighted by atomic mass is 79.9. The predicted molar refractivity (Wildman–Crippen MR) is 92.2 cm³/mol. The summed E-state index contributed by atoms with van der Waals surface area (Å²) in [6.45, 7) is 4.14. The molecule has 1 aliphatic rings. The minimum Gasteiger partial charge on any atom is -0.463 e. The first-order valence-electron chi connectivity index (χ1n) is 6.99. The summed E-state index contributed by atoms with van der Waals surface area (Å²) in [4.78, 5) is 11.3. The summed E-state index contributed by atoms with van der Waals surface area (Å²) < 4.78 is 7.06. The topological polar surface area (TPSA) is 26.3 Å². The Bertz CT molecular complexity index is 590. The Labute approximate surface area is 142 Å². The molecule has 0 amide bonds. The van der Waals surface area contributed by atoms with E-state index < -0.39 is 0 Å². The molecule has 2 atom stereocenters. The van der Waals surface area contributed by atoms with Gasteiger partial charge in [0, 0.05) is 15.0 Å². The van der Waals surface area contributed by atoms with Gasteiger partial charge < -0.3 is 4.74 Å². The number of benzene rings is 1. The maximum absolute atomic E-state index is 11.3. The summed E-state index contributed by atoms with van der Waals surface area (Å²) in [6.07, 6.45) is 6.89. The average molecular weight is 414 g/mol. The smallest absolute Gasteiger partial charge is 0.330 e. The summed E-state index contributed by atoms with van der Waals surface area (Å²) in [5.74, 6) is 0.869. The van der Waals surface area contributed by atoms with Crippen LogP contribution in [0.25, 0.3) is 0 Å². The lowest BCUT2D eigenvalue weighted by Gasteiger charge is -2.01. The minimum absolute atomic E-state index is 0.274. The summed E-state index contributed by atoms with van der Waals surface area (Å²) in [5, 5.41) is 0. The first-order valence-corrected chi connectivity index (χ1v) is 8.58. The van der Waals surface area contributed by atoms with Crippen LogP contribution in [0, 0.1) is 5.92 Å². The highest BCUT2D eigenvalue weighted by Crippen LogP contribution is 2.49. The highest BCUT2D eigenvalue weighted by molar-refractivity contribution is 9.13. The maximum atomic E-state index is 11.3. The molecule has 2 nitrogen and oxygen atoms in total. The van der Waals surface area contributed by atoms with Gasteiger partial charge in [-0.25, -0.2) is 4.79 Å². The van der Waals surface area contributed by atoms with Gasteiger partial charge in [-0.05, 0) is 87.2 Å². The van der Waals surface area contributed by atoms with E-state index in [0.717, 1.165) is 20.9 Å². The SMILES string of the molecule is CCOC(=O)/C=C(C)/C=C/[C@@H]1C[C@H]1c1ccc(Br)c(Br)c1. The van der Waals surface area contributed by atoms with Crippen molar-refractivity contribution in [2.24, 2.45) is 5.92 Å². The van der Waals surface area contributed by atoms with Gasteiger partial charge in [-0.3, -0.25) is 0 Å². The fourth-order valence-corrected chi connectivity index (χ4v) is 2.89.